The summed E-state index contributed by atoms with van der Waals surface area (Å²) >= 11 is 3.33. The van der Waals surface area contributed by atoms with Crippen molar-refractivity contribution in [3.05, 3.63) is 28.2 Å². The number of rotatable bonds is 3. The van der Waals surface area contributed by atoms with Crippen LogP contribution in [0.15, 0.2) is 22.7 Å². The SMILES string of the molecule is CC(=O)N(c1ccc(Br)cc1C)C(C)C(=O)O. The summed E-state index contributed by atoms with van der Waals surface area (Å²) in [4.78, 5) is 23.9. The Morgan fingerprint density at radius 2 is 2.00 bits per heavy atom. The van der Waals surface area contributed by atoms with Gasteiger partial charge in [-0.05, 0) is 37.6 Å². The maximum absolute atomic E-state index is 11.6. The first-order chi connectivity index (χ1) is 7.84. The summed E-state index contributed by atoms with van der Waals surface area (Å²) in [6.07, 6.45) is 0. The van der Waals surface area contributed by atoms with Crippen molar-refractivity contribution in [2.24, 2.45) is 0 Å². The van der Waals surface area contributed by atoms with Crippen LogP contribution >= 0.6 is 15.9 Å². The van der Waals surface area contributed by atoms with Crippen LogP contribution < -0.4 is 4.90 Å². The number of aliphatic carboxylic acids is 1. The number of hydrogen-bond donors (Lipinski definition) is 1. The lowest BCUT2D eigenvalue weighted by atomic mass is 10.1. The molecule has 0 bridgehead atoms. The zero-order valence-corrected chi connectivity index (χ0v) is 11.5. The molecule has 0 fully saturated rings. The van der Waals surface area contributed by atoms with Gasteiger partial charge >= 0.3 is 5.97 Å². The predicted octanol–water partition coefficient (Wildman–Crippen LogP) is 2.58. The third-order valence-electron chi connectivity index (χ3n) is 2.50. The van der Waals surface area contributed by atoms with E-state index in [9.17, 15) is 9.59 Å². The maximum atomic E-state index is 11.6. The first kappa shape index (κ1) is 13.7. The van der Waals surface area contributed by atoms with Crippen molar-refractivity contribution < 1.29 is 14.7 Å². The van der Waals surface area contributed by atoms with Crippen molar-refractivity contribution in [2.45, 2.75) is 26.8 Å². The fraction of sp³-hybridized carbons (Fsp3) is 0.333. The molecule has 0 spiro atoms. The number of anilines is 1. The van der Waals surface area contributed by atoms with E-state index in [-0.39, 0.29) is 5.91 Å². The summed E-state index contributed by atoms with van der Waals surface area (Å²) < 4.78 is 0.894. The summed E-state index contributed by atoms with van der Waals surface area (Å²) in [5.74, 6) is -1.31. The van der Waals surface area contributed by atoms with E-state index in [4.69, 9.17) is 5.11 Å². The van der Waals surface area contributed by atoms with Crippen LogP contribution in [-0.4, -0.2) is 23.0 Å². The average Bonchev–Trinajstić information content (AvgIpc) is 2.20. The topological polar surface area (TPSA) is 57.6 Å². The van der Waals surface area contributed by atoms with Gasteiger partial charge in [-0.1, -0.05) is 15.9 Å². The van der Waals surface area contributed by atoms with Crippen molar-refractivity contribution in [2.75, 3.05) is 4.90 Å². The summed E-state index contributed by atoms with van der Waals surface area (Å²) in [5, 5.41) is 9.00. The smallest absolute Gasteiger partial charge is 0.326 e. The molecule has 5 heteroatoms. The van der Waals surface area contributed by atoms with Crippen LogP contribution in [0.25, 0.3) is 0 Å². The fourth-order valence-electron chi connectivity index (χ4n) is 1.65. The minimum absolute atomic E-state index is 0.287. The molecule has 1 atom stereocenters. The molecule has 4 nitrogen and oxygen atoms in total. The predicted molar refractivity (Wildman–Crippen MR) is 69.1 cm³/mol. The van der Waals surface area contributed by atoms with Crippen LogP contribution in [0.3, 0.4) is 0 Å². The number of carbonyl (C=O) groups is 2. The van der Waals surface area contributed by atoms with Gasteiger partial charge in [-0.3, -0.25) is 9.69 Å². The molecular formula is C12H14BrNO3. The minimum atomic E-state index is -1.03. The van der Waals surface area contributed by atoms with Crippen LogP contribution in [0.2, 0.25) is 0 Å². The number of carboxylic acid groups (broad SMARTS) is 1. The number of halogens is 1. The van der Waals surface area contributed by atoms with E-state index >= 15 is 0 Å². The first-order valence-electron chi connectivity index (χ1n) is 5.13. The van der Waals surface area contributed by atoms with Gasteiger partial charge in [-0.25, -0.2) is 4.79 Å². The highest BCUT2D eigenvalue weighted by Crippen LogP contribution is 2.25. The number of carbonyl (C=O) groups excluding carboxylic acids is 1. The Bertz CT molecular complexity index is 459. The molecule has 1 unspecified atom stereocenters. The minimum Gasteiger partial charge on any atom is -0.480 e. The Kier molecular flexibility index (Phi) is 4.28. The van der Waals surface area contributed by atoms with E-state index in [1.54, 1.807) is 12.1 Å². The molecule has 1 aromatic carbocycles. The molecule has 17 heavy (non-hydrogen) atoms. The molecule has 0 radical (unpaired) electrons. The number of hydrogen-bond acceptors (Lipinski definition) is 2. The van der Waals surface area contributed by atoms with Gasteiger partial charge in [0, 0.05) is 17.1 Å². The normalized spacial score (nSPS) is 12.0. The van der Waals surface area contributed by atoms with E-state index in [1.165, 1.54) is 18.7 Å². The summed E-state index contributed by atoms with van der Waals surface area (Å²) in [7, 11) is 0. The van der Waals surface area contributed by atoms with Crippen molar-refractivity contribution in [3.8, 4) is 0 Å². The van der Waals surface area contributed by atoms with Crippen LogP contribution in [0, 0.1) is 6.92 Å². The second-order valence-electron chi connectivity index (χ2n) is 3.83. The zero-order valence-electron chi connectivity index (χ0n) is 9.90. The number of benzene rings is 1. The number of aryl methyl sites for hydroxylation is 1. The highest BCUT2D eigenvalue weighted by molar-refractivity contribution is 9.10. The molecule has 0 heterocycles. The van der Waals surface area contributed by atoms with Crippen molar-refractivity contribution >= 4 is 33.5 Å². The van der Waals surface area contributed by atoms with Gasteiger partial charge in [-0.15, -0.1) is 0 Å². The highest BCUT2D eigenvalue weighted by atomic mass is 79.9. The third-order valence-corrected chi connectivity index (χ3v) is 3.00. The number of carboxylic acids is 1. The van der Waals surface area contributed by atoms with Gasteiger partial charge in [0.1, 0.15) is 6.04 Å². The molecule has 1 amide bonds. The largest absolute Gasteiger partial charge is 0.480 e. The molecule has 0 aliphatic carbocycles. The number of nitrogens with zero attached hydrogens (tertiary/aromatic N) is 1. The molecule has 0 aliphatic heterocycles. The lowest BCUT2D eigenvalue weighted by Crippen LogP contribution is -2.42. The molecule has 1 rings (SSSR count). The Hall–Kier alpha value is -1.36. The van der Waals surface area contributed by atoms with Crippen molar-refractivity contribution in [1.82, 2.24) is 0 Å². The van der Waals surface area contributed by atoms with Gasteiger partial charge in [0.05, 0.1) is 0 Å². The van der Waals surface area contributed by atoms with Gasteiger partial charge in [0.15, 0.2) is 0 Å². The average molecular weight is 300 g/mol. The highest BCUT2D eigenvalue weighted by Gasteiger charge is 2.25. The quantitative estimate of drug-likeness (QED) is 0.933. The standard InChI is InChI=1S/C12H14BrNO3/c1-7-6-10(13)4-5-11(7)14(9(3)15)8(2)12(16)17/h4-6,8H,1-3H3,(H,16,17). The number of amides is 1. The third kappa shape index (κ3) is 3.06. The molecule has 1 N–H and O–H groups in total. The van der Waals surface area contributed by atoms with E-state index in [0.29, 0.717) is 5.69 Å². The molecule has 92 valence electrons. The molecule has 0 aliphatic rings. The van der Waals surface area contributed by atoms with Gasteiger partial charge < -0.3 is 5.11 Å². The Labute approximate surface area is 108 Å². The van der Waals surface area contributed by atoms with E-state index in [2.05, 4.69) is 15.9 Å². The van der Waals surface area contributed by atoms with Crippen LogP contribution in [0.4, 0.5) is 5.69 Å². The zero-order chi connectivity index (χ0) is 13.2. The van der Waals surface area contributed by atoms with Gasteiger partial charge in [0.25, 0.3) is 0 Å². The Balaban J connectivity index is 3.23. The van der Waals surface area contributed by atoms with Crippen LogP contribution in [0.1, 0.15) is 19.4 Å². The van der Waals surface area contributed by atoms with Crippen molar-refractivity contribution in [3.63, 3.8) is 0 Å². The fourth-order valence-corrected chi connectivity index (χ4v) is 2.13. The molecule has 0 aromatic heterocycles. The molecule has 1 aromatic rings. The maximum Gasteiger partial charge on any atom is 0.326 e. The van der Waals surface area contributed by atoms with Crippen LogP contribution in [0.5, 0.6) is 0 Å². The molecule has 0 saturated heterocycles. The van der Waals surface area contributed by atoms with E-state index < -0.39 is 12.0 Å². The molecular weight excluding hydrogens is 286 g/mol. The summed E-state index contributed by atoms with van der Waals surface area (Å²) in [6, 6.07) is 4.49. The summed E-state index contributed by atoms with van der Waals surface area (Å²) in [6.45, 7) is 4.69. The van der Waals surface area contributed by atoms with Crippen molar-refractivity contribution in [1.29, 1.82) is 0 Å². The van der Waals surface area contributed by atoms with Gasteiger partial charge in [0.2, 0.25) is 5.91 Å². The van der Waals surface area contributed by atoms with Crippen LogP contribution in [-0.2, 0) is 9.59 Å². The van der Waals surface area contributed by atoms with Gasteiger partial charge in [-0.2, -0.15) is 0 Å². The molecule has 0 saturated carbocycles. The second-order valence-corrected chi connectivity index (χ2v) is 4.75. The summed E-state index contributed by atoms with van der Waals surface area (Å²) in [5.41, 5.74) is 1.47. The Morgan fingerprint density at radius 1 is 1.41 bits per heavy atom. The Morgan fingerprint density at radius 3 is 2.41 bits per heavy atom. The second kappa shape index (κ2) is 5.31. The van der Waals surface area contributed by atoms with E-state index in [1.807, 2.05) is 13.0 Å². The first-order valence-corrected chi connectivity index (χ1v) is 5.92. The lowest BCUT2D eigenvalue weighted by Gasteiger charge is -2.26. The van der Waals surface area contributed by atoms with E-state index in [0.717, 1.165) is 10.0 Å². The lowest BCUT2D eigenvalue weighted by molar-refractivity contribution is -0.139. The monoisotopic (exact) mass is 299 g/mol.